The average Bonchev–Trinajstić information content (AvgIpc) is 2.73. The Morgan fingerprint density at radius 3 is 2.61 bits per heavy atom. The molecule has 142 valence electrons. The second-order valence-electron chi connectivity index (χ2n) is 5.84. The summed E-state index contributed by atoms with van der Waals surface area (Å²) in [5.74, 6) is -0.0503. The first-order valence-corrected chi connectivity index (χ1v) is 8.42. The first-order chi connectivity index (χ1) is 13.5. The summed E-state index contributed by atoms with van der Waals surface area (Å²) >= 11 is 0. The maximum Gasteiger partial charge on any atom is 0.273 e. The topological polar surface area (TPSA) is 119 Å². The summed E-state index contributed by atoms with van der Waals surface area (Å²) in [7, 11) is 3.03. The van der Waals surface area contributed by atoms with Crippen molar-refractivity contribution in [2.24, 2.45) is 0 Å². The first kappa shape index (κ1) is 18.8. The molecular formula is C20H19N5O3. The van der Waals surface area contributed by atoms with Crippen LogP contribution in [0.25, 0.3) is 11.3 Å². The van der Waals surface area contributed by atoms with Gasteiger partial charge >= 0.3 is 0 Å². The lowest BCUT2D eigenvalue weighted by molar-refractivity contribution is 0.0958. The van der Waals surface area contributed by atoms with Crippen molar-refractivity contribution < 1.29 is 14.3 Å². The number of nitrogen functional groups attached to an aromatic ring is 1. The van der Waals surface area contributed by atoms with E-state index in [-0.39, 0.29) is 17.4 Å². The Hall–Kier alpha value is -3.94. The van der Waals surface area contributed by atoms with Gasteiger partial charge in [0.15, 0.2) is 11.5 Å². The lowest BCUT2D eigenvalue weighted by Gasteiger charge is -2.09. The van der Waals surface area contributed by atoms with Gasteiger partial charge in [-0.05, 0) is 30.3 Å². The molecule has 0 fully saturated rings. The zero-order valence-corrected chi connectivity index (χ0v) is 15.4. The van der Waals surface area contributed by atoms with Crippen LogP contribution in [-0.2, 0) is 0 Å². The minimum atomic E-state index is -0.422. The van der Waals surface area contributed by atoms with E-state index in [1.165, 1.54) is 13.2 Å². The highest BCUT2D eigenvalue weighted by Crippen LogP contribution is 2.23. The number of benzene rings is 2. The second kappa shape index (κ2) is 8.17. The summed E-state index contributed by atoms with van der Waals surface area (Å²) in [6.45, 7) is 0. The van der Waals surface area contributed by atoms with Crippen LogP contribution < -0.4 is 21.1 Å². The van der Waals surface area contributed by atoms with E-state index in [0.717, 1.165) is 0 Å². The molecule has 3 aromatic rings. The number of aromatic nitrogens is 2. The van der Waals surface area contributed by atoms with Crippen LogP contribution in [0.5, 0.6) is 5.75 Å². The molecule has 4 N–H and O–H groups in total. The van der Waals surface area contributed by atoms with Crippen molar-refractivity contribution in [2.75, 3.05) is 25.2 Å². The third kappa shape index (κ3) is 4.07. The minimum absolute atomic E-state index is 0.0468. The van der Waals surface area contributed by atoms with E-state index >= 15 is 0 Å². The van der Waals surface area contributed by atoms with Gasteiger partial charge in [-0.1, -0.05) is 18.2 Å². The Bertz CT molecular complexity index is 1040. The fraction of sp³-hybridized carbons (Fsp3) is 0.100. The molecule has 1 heterocycles. The third-order valence-corrected chi connectivity index (χ3v) is 3.99. The molecule has 0 aliphatic rings. The molecule has 28 heavy (non-hydrogen) atoms. The van der Waals surface area contributed by atoms with Gasteiger partial charge in [0.05, 0.1) is 19.0 Å². The van der Waals surface area contributed by atoms with E-state index in [4.69, 9.17) is 10.5 Å². The molecule has 0 spiro atoms. The highest BCUT2D eigenvalue weighted by atomic mass is 16.5. The van der Waals surface area contributed by atoms with E-state index in [1.807, 2.05) is 0 Å². The van der Waals surface area contributed by atoms with Crippen LogP contribution in [0.1, 0.15) is 20.8 Å². The Balaban J connectivity index is 1.86. The number of nitrogens with zero attached hydrogens (tertiary/aromatic N) is 2. The fourth-order valence-corrected chi connectivity index (χ4v) is 2.55. The highest BCUT2D eigenvalue weighted by Gasteiger charge is 2.14. The second-order valence-corrected chi connectivity index (χ2v) is 5.84. The van der Waals surface area contributed by atoms with E-state index in [2.05, 4.69) is 20.6 Å². The number of amides is 2. The van der Waals surface area contributed by atoms with Crippen molar-refractivity contribution in [3.8, 4) is 17.0 Å². The Labute approximate surface area is 161 Å². The third-order valence-electron chi connectivity index (χ3n) is 3.99. The van der Waals surface area contributed by atoms with Gasteiger partial charge in [-0.25, -0.2) is 9.97 Å². The standard InChI is InChI=1S/C20H19N5O3/c1-22-20(27)17-18(21)23-11-16(25-17)12-5-3-7-14(9-12)24-19(26)13-6-4-8-15(10-13)28-2/h3-11H,1-2H3,(H2,21,23)(H,22,27)(H,24,26). The van der Waals surface area contributed by atoms with Gasteiger partial charge in [-0.3, -0.25) is 9.59 Å². The fourth-order valence-electron chi connectivity index (χ4n) is 2.55. The highest BCUT2D eigenvalue weighted by molar-refractivity contribution is 6.04. The van der Waals surface area contributed by atoms with Crippen LogP contribution in [-0.4, -0.2) is 35.9 Å². The van der Waals surface area contributed by atoms with E-state index in [9.17, 15) is 9.59 Å². The Morgan fingerprint density at radius 2 is 1.86 bits per heavy atom. The lowest BCUT2D eigenvalue weighted by Crippen LogP contribution is -2.21. The van der Waals surface area contributed by atoms with Crippen molar-refractivity contribution in [2.45, 2.75) is 0 Å². The number of nitrogens with two attached hydrogens (primary N) is 1. The smallest absolute Gasteiger partial charge is 0.273 e. The van der Waals surface area contributed by atoms with Crippen molar-refractivity contribution in [1.82, 2.24) is 15.3 Å². The summed E-state index contributed by atoms with van der Waals surface area (Å²) in [5, 5.41) is 5.31. The van der Waals surface area contributed by atoms with Gasteiger partial charge in [-0.15, -0.1) is 0 Å². The summed E-state index contributed by atoms with van der Waals surface area (Å²) < 4.78 is 5.14. The molecule has 0 bridgehead atoms. The molecule has 0 aliphatic carbocycles. The predicted molar refractivity (Wildman–Crippen MR) is 106 cm³/mol. The first-order valence-electron chi connectivity index (χ1n) is 8.42. The Kier molecular flexibility index (Phi) is 5.50. The Morgan fingerprint density at radius 1 is 1.07 bits per heavy atom. The number of carbonyl (C=O) groups is 2. The molecular weight excluding hydrogens is 358 g/mol. The maximum absolute atomic E-state index is 12.5. The molecule has 0 aliphatic heterocycles. The number of nitrogens with one attached hydrogen (secondary N) is 2. The molecule has 0 atom stereocenters. The summed E-state index contributed by atoms with van der Waals surface area (Å²) in [4.78, 5) is 32.7. The van der Waals surface area contributed by atoms with Gasteiger partial charge in [0, 0.05) is 23.9 Å². The zero-order chi connectivity index (χ0) is 20.1. The molecule has 2 amide bonds. The molecule has 0 saturated heterocycles. The van der Waals surface area contributed by atoms with Gasteiger partial charge in [0.1, 0.15) is 5.75 Å². The van der Waals surface area contributed by atoms with Gasteiger partial charge < -0.3 is 21.1 Å². The van der Waals surface area contributed by atoms with Crippen LogP contribution in [0.2, 0.25) is 0 Å². The van der Waals surface area contributed by atoms with Gasteiger partial charge in [0.25, 0.3) is 11.8 Å². The van der Waals surface area contributed by atoms with Crippen LogP contribution in [0.15, 0.2) is 54.7 Å². The number of methoxy groups -OCH3 is 1. The van der Waals surface area contributed by atoms with Crippen LogP contribution in [0, 0.1) is 0 Å². The molecule has 0 unspecified atom stereocenters. The molecule has 1 aromatic heterocycles. The van der Waals surface area contributed by atoms with E-state index in [1.54, 1.807) is 55.6 Å². The number of carbonyl (C=O) groups excluding carboxylic acids is 2. The average molecular weight is 377 g/mol. The molecule has 2 aromatic carbocycles. The number of hydrogen-bond acceptors (Lipinski definition) is 6. The molecule has 3 rings (SSSR count). The van der Waals surface area contributed by atoms with Crippen molar-refractivity contribution in [1.29, 1.82) is 0 Å². The van der Waals surface area contributed by atoms with Gasteiger partial charge in [-0.2, -0.15) is 0 Å². The summed E-state index contributed by atoms with van der Waals surface area (Å²) in [6.07, 6.45) is 1.48. The molecule has 8 heteroatoms. The number of hydrogen-bond donors (Lipinski definition) is 3. The SMILES string of the molecule is CNC(=O)c1nc(-c2cccc(NC(=O)c3cccc(OC)c3)c2)cnc1N. The van der Waals surface area contributed by atoms with Crippen LogP contribution in [0.4, 0.5) is 11.5 Å². The van der Waals surface area contributed by atoms with Crippen molar-refractivity contribution in [3.63, 3.8) is 0 Å². The van der Waals surface area contributed by atoms with Crippen molar-refractivity contribution in [3.05, 3.63) is 66.0 Å². The maximum atomic E-state index is 12.5. The molecule has 8 nitrogen and oxygen atoms in total. The monoisotopic (exact) mass is 377 g/mol. The van der Waals surface area contributed by atoms with E-state index in [0.29, 0.717) is 28.3 Å². The predicted octanol–water partition coefficient (Wildman–Crippen LogP) is 2.35. The number of rotatable bonds is 5. The number of ether oxygens (including phenoxy) is 1. The minimum Gasteiger partial charge on any atom is -0.497 e. The van der Waals surface area contributed by atoms with Crippen LogP contribution in [0.3, 0.4) is 0 Å². The molecule has 0 saturated carbocycles. The lowest BCUT2D eigenvalue weighted by atomic mass is 10.1. The largest absolute Gasteiger partial charge is 0.497 e. The van der Waals surface area contributed by atoms with Crippen LogP contribution >= 0.6 is 0 Å². The van der Waals surface area contributed by atoms with E-state index < -0.39 is 5.91 Å². The van der Waals surface area contributed by atoms with Crippen molar-refractivity contribution >= 4 is 23.3 Å². The molecule has 0 radical (unpaired) electrons. The summed E-state index contributed by atoms with van der Waals surface area (Å²) in [6, 6.07) is 13.9. The quantitative estimate of drug-likeness (QED) is 0.628. The van der Waals surface area contributed by atoms with Gasteiger partial charge in [0.2, 0.25) is 0 Å². The summed E-state index contributed by atoms with van der Waals surface area (Å²) in [5.41, 5.74) is 7.96. The number of anilines is 2. The zero-order valence-electron chi connectivity index (χ0n) is 15.4. The normalized spacial score (nSPS) is 10.2.